The molecular weight excluding hydrogens is 247 g/mol. The maximum Gasteiger partial charge on any atom is 0.225 e. The van der Waals surface area contributed by atoms with E-state index in [2.05, 4.69) is 24.8 Å². The van der Waals surface area contributed by atoms with Gasteiger partial charge >= 0.3 is 0 Å². The van der Waals surface area contributed by atoms with Gasteiger partial charge in [-0.15, -0.1) is 0 Å². The molecule has 0 spiro atoms. The van der Waals surface area contributed by atoms with Crippen molar-refractivity contribution in [2.24, 2.45) is 7.05 Å². The monoisotopic (exact) mass is 262 g/mol. The van der Waals surface area contributed by atoms with Crippen LogP contribution in [0.25, 0.3) is 0 Å². The third kappa shape index (κ3) is 2.35. The van der Waals surface area contributed by atoms with Crippen molar-refractivity contribution in [2.45, 2.75) is 0 Å². The molecule has 0 unspecified atom stereocenters. The zero-order valence-corrected chi connectivity index (χ0v) is 10.7. The number of halogens is 1. The van der Waals surface area contributed by atoms with E-state index in [-0.39, 0.29) is 0 Å². The van der Waals surface area contributed by atoms with Gasteiger partial charge in [-0.05, 0) is 0 Å². The fourth-order valence-corrected chi connectivity index (χ4v) is 2.24. The van der Waals surface area contributed by atoms with Gasteiger partial charge < -0.3 is 14.4 Å². The average Bonchev–Trinajstić information content (AvgIpc) is 2.86. The third-order valence-electron chi connectivity index (χ3n) is 3.25. The Labute approximate surface area is 110 Å². The van der Waals surface area contributed by atoms with Crippen molar-refractivity contribution in [2.75, 3.05) is 36.0 Å². The van der Waals surface area contributed by atoms with E-state index in [0.717, 1.165) is 32.1 Å². The molecule has 0 aromatic carbocycles. The molecule has 3 rings (SSSR count). The summed E-state index contributed by atoms with van der Waals surface area (Å²) in [5.41, 5.74) is 0. The first-order valence-corrected chi connectivity index (χ1v) is 6.19. The lowest BCUT2D eigenvalue weighted by molar-refractivity contribution is 0.597. The Kier molecular flexibility index (Phi) is 3.02. The molecule has 0 saturated carbocycles. The van der Waals surface area contributed by atoms with E-state index < -0.39 is 5.82 Å². The molecule has 0 bridgehead atoms. The first-order chi connectivity index (χ1) is 9.24. The van der Waals surface area contributed by atoms with Gasteiger partial charge in [-0.3, -0.25) is 0 Å². The molecule has 100 valence electrons. The number of hydrogen-bond acceptors (Lipinski definition) is 5. The molecule has 0 radical (unpaired) electrons. The molecule has 1 saturated heterocycles. The smallest absolute Gasteiger partial charge is 0.225 e. The van der Waals surface area contributed by atoms with E-state index in [0.29, 0.717) is 5.95 Å². The van der Waals surface area contributed by atoms with E-state index >= 15 is 0 Å². The molecule has 0 atom stereocenters. The second kappa shape index (κ2) is 4.83. The summed E-state index contributed by atoms with van der Waals surface area (Å²) in [6.07, 6.45) is 6.14. The van der Waals surface area contributed by atoms with E-state index in [1.54, 1.807) is 6.20 Å². The molecule has 19 heavy (non-hydrogen) atoms. The molecule has 2 aromatic heterocycles. The van der Waals surface area contributed by atoms with Crippen LogP contribution in [0.4, 0.5) is 16.3 Å². The number of piperazine rings is 1. The molecule has 7 heteroatoms. The summed E-state index contributed by atoms with van der Waals surface area (Å²) >= 11 is 0. The first-order valence-electron chi connectivity index (χ1n) is 6.19. The van der Waals surface area contributed by atoms with Gasteiger partial charge in [-0.1, -0.05) is 0 Å². The van der Waals surface area contributed by atoms with Gasteiger partial charge in [0, 0.05) is 45.6 Å². The van der Waals surface area contributed by atoms with Crippen LogP contribution in [0.15, 0.2) is 24.8 Å². The number of anilines is 2. The van der Waals surface area contributed by atoms with Gasteiger partial charge in [-0.2, -0.15) is 0 Å². The topological polar surface area (TPSA) is 50.1 Å². The van der Waals surface area contributed by atoms with Gasteiger partial charge in [0.1, 0.15) is 0 Å². The Morgan fingerprint density at radius 2 is 1.63 bits per heavy atom. The molecule has 0 aliphatic carbocycles. The molecule has 1 aliphatic heterocycles. The van der Waals surface area contributed by atoms with Gasteiger partial charge in [-0.25, -0.2) is 19.3 Å². The van der Waals surface area contributed by atoms with Crippen LogP contribution in [0.1, 0.15) is 0 Å². The van der Waals surface area contributed by atoms with Crippen molar-refractivity contribution < 1.29 is 4.39 Å². The lowest BCUT2D eigenvalue weighted by Gasteiger charge is -2.35. The summed E-state index contributed by atoms with van der Waals surface area (Å²) in [5.74, 6) is 1.15. The molecule has 3 heterocycles. The highest BCUT2D eigenvalue weighted by molar-refractivity contribution is 5.37. The molecule has 6 nitrogen and oxygen atoms in total. The minimum absolute atomic E-state index is 0.407. The largest absolute Gasteiger partial charge is 0.339 e. The Balaban J connectivity index is 1.66. The van der Waals surface area contributed by atoms with Crippen LogP contribution in [0.2, 0.25) is 0 Å². The maximum absolute atomic E-state index is 12.8. The Hall–Kier alpha value is -2.18. The summed E-state index contributed by atoms with van der Waals surface area (Å²) in [7, 11) is 1.98. The van der Waals surface area contributed by atoms with E-state index in [4.69, 9.17) is 0 Å². The predicted molar refractivity (Wildman–Crippen MR) is 69.6 cm³/mol. The number of aryl methyl sites for hydroxylation is 1. The van der Waals surface area contributed by atoms with Crippen LogP contribution < -0.4 is 9.80 Å². The first kappa shape index (κ1) is 11.9. The zero-order valence-electron chi connectivity index (χ0n) is 10.7. The van der Waals surface area contributed by atoms with Crippen molar-refractivity contribution in [3.8, 4) is 0 Å². The second-order valence-corrected chi connectivity index (χ2v) is 4.51. The Bertz CT molecular complexity index is 544. The zero-order chi connectivity index (χ0) is 13.2. The number of imidazole rings is 1. The number of nitrogens with zero attached hydrogens (tertiary/aromatic N) is 6. The normalized spacial score (nSPS) is 15.9. The molecule has 0 amide bonds. The summed E-state index contributed by atoms with van der Waals surface area (Å²) in [5, 5.41) is 0. The molecule has 1 fully saturated rings. The fourth-order valence-electron chi connectivity index (χ4n) is 2.24. The average molecular weight is 262 g/mol. The third-order valence-corrected chi connectivity index (χ3v) is 3.25. The van der Waals surface area contributed by atoms with Crippen LogP contribution in [0, 0.1) is 5.82 Å². The maximum atomic E-state index is 12.8. The molecule has 2 aromatic rings. The number of rotatable bonds is 2. The summed E-state index contributed by atoms with van der Waals surface area (Å²) in [4.78, 5) is 16.6. The molecule has 0 N–H and O–H groups in total. The minimum Gasteiger partial charge on any atom is -0.339 e. The summed E-state index contributed by atoms with van der Waals surface area (Å²) < 4.78 is 14.8. The van der Waals surface area contributed by atoms with Gasteiger partial charge in [0.05, 0.1) is 12.4 Å². The van der Waals surface area contributed by atoms with E-state index in [1.807, 2.05) is 17.8 Å². The van der Waals surface area contributed by atoms with Gasteiger partial charge in [0.25, 0.3) is 0 Å². The quantitative estimate of drug-likeness (QED) is 0.796. The van der Waals surface area contributed by atoms with Crippen molar-refractivity contribution in [1.29, 1.82) is 0 Å². The Morgan fingerprint density at radius 3 is 2.21 bits per heavy atom. The minimum atomic E-state index is -0.407. The predicted octanol–water partition coefficient (Wildman–Crippen LogP) is 0.676. The number of hydrogen-bond donors (Lipinski definition) is 0. The van der Waals surface area contributed by atoms with Crippen molar-refractivity contribution in [3.63, 3.8) is 0 Å². The fraction of sp³-hybridized carbons (Fsp3) is 0.417. The summed E-state index contributed by atoms with van der Waals surface area (Å²) in [6, 6.07) is 0. The highest BCUT2D eigenvalue weighted by Gasteiger charge is 2.21. The van der Waals surface area contributed by atoms with Gasteiger partial charge in [0.15, 0.2) is 5.82 Å². The highest BCUT2D eigenvalue weighted by atomic mass is 19.1. The highest BCUT2D eigenvalue weighted by Crippen LogP contribution is 2.15. The van der Waals surface area contributed by atoms with Crippen LogP contribution in [0.3, 0.4) is 0 Å². The summed E-state index contributed by atoms with van der Waals surface area (Å²) in [6.45, 7) is 3.31. The van der Waals surface area contributed by atoms with Gasteiger partial charge in [0.2, 0.25) is 11.9 Å². The van der Waals surface area contributed by atoms with Crippen LogP contribution in [-0.4, -0.2) is 45.7 Å². The van der Waals surface area contributed by atoms with Crippen molar-refractivity contribution in [3.05, 3.63) is 30.6 Å². The molecular formula is C12H15FN6. The van der Waals surface area contributed by atoms with Crippen molar-refractivity contribution >= 4 is 11.9 Å². The SMILES string of the molecule is Cn1ccnc1N1CCN(c2ncc(F)cn2)CC1. The van der Waals surface area contributed by atoms with Crippen LogP contribution in [-0.2, 0) is 7.05 Å². The lowest BCUT2D eigenvalue weighted by Crippen LogP contribution is -2.47. The second-order valence-electron chi connectivity index (χ2n) is 4.51. The van der Waals surface area contributed by atoms with E-state index in [1.165, 1.54) is 12.4 Å². The standard InChI is InChI=1S/C12H15FN6/c1-17-3-2-14-12(17)19-6-4-18(5-7-19)11-15-8-10(13)9-16-11/h2-3,8-9H,4-7H2,1H3. The van der Waals surface area contributed by atoms with Crippen LogP contribution >= 0.6 is 0 Å². The number of aromatic nitrogens is 4. The Morgan fingerprint density at radius 1 is 1.00 bits per heavy atom. The van der Waals surface area contributed by atoms with Crippen LogP contribution in [0.5, 0.6) is 0 Å². The lowest BCUT2D eigenvalue weighted by atomic mass is 10.3. The van der Waals surface area contributed by atoms with Crippen molar-refractivity contribution in [1.82, 2.24) is 19.5 Å². The molecule has 1 aliphatic rings. The van der Waals surface area contributed by atoms with E-state index in [9.17, 15) is 4.39 Å².